The van der Waals surface area contributed by atoms with Crippen LogP contribution in [-0.2, 0) is 4.74 Å². The minimum atomic E-state index is -0.483. The van der Waals surface area contributed by atoms with Gasteiger partial charge in [0.2, 0.25) is 0 Å². The van der Waals surface area contributed by atoms with Crippen LogP contribution in [0, 0.1) is 12.3 Å². The molecule has 0 saturated carbocycles. The molecule has 0 bridgehead atoms. The van der Waals surface area contributed by atoms with Crippen LogP contribution < -0.4 is 5.32 Å². The largest absolute Gasteiger partial charge is 0.461 e. The van der Waals surface area contributed by atoms with Crippen LogP contribution in [0.25, 0.3) is 0 Å². The topological polar surface area (TPSA) is 64.4 Å². The van der Waals surface area contributed by atoms with Crippen molar-refractivity contribution >= 4 is 12.0 Å². The van der Waals surface area contributed by atoms with E-state index in [1.54, 1.807) is 6.92 Å². The van der Waals surface area contributed by atoms with Crippen molar-refractivity contribution in [3.63, 3.8) is 0 Å². The molecule has 86 valence electrons. The first kappa shape index (κ1) is 12.1. The van der Waals surface area contributed by atoms with Gasteiger partial charge in [-0.2, -0.15) is 4.98 Å². The number of aromatic nitrogens is 1. The van der Waals surface area contributed by atoms with Crippen molar-refractivity contribution in [2.45, 2.75) is 19.8 Å². The Bertz CT molecular complexity index is 379. The maximum Gasteiger partial charge on any atom is 0.360 e. The van der Waals surface area contributed by atoms with Crippen molar-refractivity contribution in [3.8, 4) is 12.3 Å². The fourth-order valence-corrected chi connectivity index (χ4v) is 1.04. The maximum absolute atomic E-state index is 11.2. The number of nitrogens with one attached hydrogen (secondary N) is 1. The summed E-state index contributed by atoms with van der Waals surface area (Å²) in [5.74, 6) is 2.05. The van der Waals surface area contributed by atoms with Gasteiger partial charge in [0.25, 0.3) is 6.01 Å². The number of terminal acetylenes is 1. The molecule has 5 nitrogen and oxygen atoms in total. The van der Waals surface area contributed by atoms with E-state index in [0.29, 0.717) is 25.6 Å². The zero-order valence-corrected chi connectivity index (χ0v) is 9.16. The lowest BCUT2D eigenvalue weighted by molar-refractivity contribution is 0.0519. The molecule has 0 amide bonds. The molecule has 0 radical (unpaired) electrons. The van der Waals surface area contributed by atoms with Crippen molar-refractivity contribution < 1.29 is 13.9 Å². The van der Waals surface area contributed by atoms with Crippen molar-refractivity contribution in [2.24, 2.45) is 0 Å². The van der Waals surface area contributed by atoms with Gasteiger partial charge in [0.05, 0.1) is 6.61 Å². The van der Waals surface area contributed by atoms with Gasteiger partial charge < -0.3 is 14.5 Å². The van der Waals surface area contributed by atoms with Gasteiger partial charge >= 0.3 is 5.97 Å². The van der Waals surface area contributed by atoms with Gasteiger partial charge in [0.1, 0.15) is 6.26 Å². The number of ether oxygens (including phenoxy) is 1. The monoisotopic (exact) mass is 222 g/mol. The highest BCUT2D eigenvalue weighted by Crippen LogP contribution is 2.08. The van der Waals surface area contributed by atoms with Crippen LogP contribution in [0.2, 0.25) is 0 Å². The SMILES string of the molecule is C#CCCCNc1nc(C(=O)OCC)co1. The molecule has 1 aromatic heterocycles. The highest BCUT2D eigenvalue weighted by Gasteiger charge is 2.12. The molecule has 0 atom stereocenters. The Kier molecular flexibility index (Phi) is 4.93. The van der Waals surface area contributed by atoms with Crippen molar-refractivity contribution in [3.05, 3.63) is 12.0 Å². The van der Waals surface area contributed by atoms with Crippen LogP contribution in [0.5, 0.6) is 0 Å². The Labute approximate surface area is 94.2 Å². The molecule has 0 spiro atoms. The zero-order chi connectivity index (χ0) is 11.8. The summed E-state index contributed by atoms with van der Waals surface area (Å²) in [5.41, 5.74) is 0.168. The Morgan fingerprint density at radius 1 is 1.75 bits per heavy atom. The summed E-state index contributed by atoms with van der Waals surface area (Å²) in [6.07, 6.45) is 7.89. The van der Waals surface area contributed by atoms with E-state index in [1.807, 2.05) is 0 Å². The number of carbonyl (C=O) groups excluding carboxylic acids is 1. The van der Waals surface area contributed by atoms with E-state index < -0.39 is 5.97 Å². The first-order chi connectivity index (χ1) is 7.77. The van der Waals surface area contributed by atoms with Gasteiger partial charge in [-0.3, -0.25) is 0 Å². The van der Waals surface area contributed by atoms with Crippen LogP contribution in [0.15, 0.2) is 10.7 Å². The van der Waals surface area contributed by atoms with E-state index >= 15 is 0 Å². The van der Waals surface area contributed by atoms with Gasteiger partial charge in [0, 0.05) is 13.0 Å². The number of esters is 1. The lowest BCUT2D eigenvalue weighted by Gasteiger charge is -1.97. The average Bonchev–Trinajstić information content (AvgIpc) is 2.73. The van der Waals surface area contributed by atoms with Crippen molar-refractivity contribution in [1.29, 1.82) is 0 Å². The molecule has 0 aliphatic heterocycles. The highest BCUT2D eigenvalue weighted by atomic mass is 16.5. The molecule has 1 aromatic rings. The number of nitrogens with zero attached hydrogens (tertiary/aromatic N) is 1. The Morgan fingerprint density at radius 2 is 2.56 bits per heavy atom. The molecule has 1 rings (SSSR count). The molecule has 0 aliphatic rings. The molecular formula is C11H14N2O3. The van der Waals surface area contributed by atoms with Crippen LogP contribution in [0.4, 0.5) is 6.01 Å². The number of hydrogen-bond donors (Lipinski definition) is 1. The van der Waals surface area contributed by atoms with E-state index in [2.05, 4.69) is 16.2 Å². The predicted octanol–water partition coefficient (Wildman–Crippen LogP) is 1.68. The molecule has 16 heavy (non-hydrogen) atoms. The third-order valence-corrected chi connectivity index (χ3v) is 1.76. The fourth-order valence-electron chi connectivity index (χ4n) is 1.04. The number of unbranched alkanes of at least 4 members (excludes halogenated alkanes) is 1. The summed E-state index contributed by atoms with van der Waals surface area (Å²) >= 11 is 0. The van der Waals surface area contributed by atoms with Crippen molar-refractivity contribution in [1.82, 2.24) is 4.98 Å². The number of oxazole rings is 1. The Balaban J connectivity index is 2.39. The standard InChI is InChI=1S/C11H14N2O3/c1-3-5-6-7-12-11-13-9(8-16-11)10(14)15-4-2/h1,8H,4-7H2,2H3,(H,12,13). The van der Waals surface area contributed by atoms with E-state index in [0.717, 1.165) is 6.42 Å². The second kappa shape index (κ2) is 6.51. The number of rotatable bonds is 6. The summed E-state index contributed by atoms with van der Waals surface area (Å²) in [4.78, 5) is 15.2. The first-order valence-corrected chi connectivity index (χ1v) is 5.08. The normalized spacial score (nSPS) is 9.50. The molecule has 5 heteroatoms. The fraction of sp³-hybridized carbons (Fsp3) is 0.455. The van der Waals surface area contributed by atoms with Crippen LogP contribution in [0.1, 0.15) is 30.3 Å². The van der Waals surface area contributed by atoms with E-state index in [9.17, 15) is 4.79 Å². The lowest BCUT2D eigenvalue weighted by Crippen LogP contribution is -2.06. The third-order valence-electron chi connectivity index (χ3n) is 1.76. The third kappa shape index (κ3) is 3.65. The lowest BCUT2D eigenvalue weighted by atomic mass is 10.3. The van der Waals surface area contributed by atoms with E-state index in [4.69, 9.17) is 15.6 Å². The molecule has 0 saturated heterocycles. The highest BCUT2D eigenvalue weighted by molar-refractivity contribution is 5.87. The Hall–Kier alpha value is -1.96. The quantitative estimate of drug-likeness (QED) is 0.450. The zero-order valence-electron chi connectivity index (χ0n) is 9.16. The summed E-state index contributed by atoms with van der Waals surface area (Å²) in [6.45, 7) is 2.71. The molecular weight excluding hydrogens is 208 g/mol. The number of carbonyl (C=O) groups is 1. The molecule has 1 N–H and O–H groups in total. The first-order valence-electron chi connectivity index (χ1n) is 5.08. The number of anilines is 1. The summed E-state index contributed by atoms with van der Waals surface area (Å²) < 4.78 is 9.81. The van der Waals surface area contributed by atoms with Gasteiger partial charge in [-0.25, -0.2) is 4.79 Å². The average molecular weight is 222 g/mol. The van der Waals surface area contributed by atoms with E-state index in [-0.39, 0.29) is 5.69 Å². The second-order valence-electron chi connectivity index (χ2n) is 2.99. The van der Waals surface area contributed by atoms with E-state index in [1.165, 1.54) is 6.26 Å². The maximum atomic E-state index is 11.2. The van der Waals surface area contributed by atoms with Crippen LogP contribution in [0.3, 0.4) is 0 Å². The minimum Gasteiger partial charge on any atom is -0.461 e. The van der Waals surface area contributed by atoms with Crippen molar-refractivity contribution in [2.75, 3.05) is 18.5 Å². The van der Waals surface area contributed by atoms with Gasteiger partial charge in [-0.1, -0.05) is 0 Å². The summed E-state index contributed by atoms with van der Waals surface area (Å²) in [6, 6.07) is 0.306. The molecule has 0 aliphatic carbocycles. The van der Waals surface area contributed by atoms with Gasteiger partial charge in [-0.05, 0) is 13.3 Å². The predicted molar refractivity (Wildman–Crippen MR) is 59.0 cm³/mol. The smallest absolute Gasteiger partial charge is 0.360 e. The van der Waals surface area contributed by atoms with Crippen LogP contribution >= 0.6 is 0 Å². The van der Waals surface area contributed by atoms with Crippen LogP contribution in [-0.4, -0.2) is 24.1 Å². The van der Waals surface area contributed by atoms with Gasteiger partial charge in [-0.15, -0.1) is 12.3 Å². The Morgan fingerprint density at radius 3 is 3.25 bits per heavy atom. The summed E-state index contributed by atoms with van der Waals surface area (Å²) in [5, 5.41) is 2.92. The van der Waals surface area contributed by atoms with Gasteiger partial charge in [0.15, 0.2) is 5.69 Å². The molecule has 1 heterocycles. The molecule has 0 unspecified atom stereocenters. The second-order valence-corrected chi connectivity index (χ2v) is 2.99. The molecule has 0 aromatic carbocycles. The minimum absolute atomic E-state index is 0.168. The summed E-state index contributed by atoms with van der Waals surface area (Å²) in [7, 11) is 0. The molecule has 0 fully saturated rings. The number of hydrogen-bond acceptors (Lipinski definition) is 5.